The summed E-state index contributed by atoms with van der Waals surface area (Å²) in [6.07, 6.45) is 4.13. The lowest BCUT2D eigenvalue weighted by atomic mass is 10.0. The van der Waals surface area contributed by atoms with Gasteiger partial charge in [-0.3, -0.25) is 4.99 Å². The zero-order chi connectivity index (χ0) is 16.6. The van der Waals surface area contributed by atoms with Gasteiger partial charge in [0.25, 0.3) is 0 Å². The van der Waals surface area contributed by atoms with Crippen LogP contribution in [0.4, 0.5) is 0 Å². The van der Waals surface area contributed by atoms with E-state index in [0.717, 1.165) is 38.3 Å². The zero-order valence-corrected chi connectivity index (χ0v) is 17.8. The van der Waals surface area contributed by atoms with Crippen LogP contribution in [-0.4, -0.2) is 70.8 Å². The van der Waals surface area contributed by atoms with Gasteiger partial charge < -0.3 is 15.5 Å². The number of hydrogen-bond donors (Lipinski definition) is 3. The molecule has 0 aromatic carbocycles. The van der Waals surface area contributed by atoms with E-state index in [-0.39, 0.29) is 24.0 Å². The number of rotatable bonds is 7. The number of nitrogens with zero attached hydrogens (tertiary/aromatic N) is 2. The molecule has 0 amide bonds. The van der Waals surface area contributed by atoms with Crippen LogP contribution in [0.25, 0.3) is 0 Å². The van der Waals surface area contributed by atoms with E-state index in [1.165, 1.54) is 6.26 Å². The first-order valence-corrected chi connectivity index (χ1v) is 9.87. The molecule has 1 fully saturated rings. The monoisotopic (exact) mass is 461 g/mol. The van der Waals surface area contributed by atoms with Gasteiger partial charge in [0, 0.05) is 45.3 Å². The van der Waals surface area contributed by atoms with Gasteiger partial charge in [-0.1, -0.05) is 0 Å². The van der Waals surface area contributed by atoms with Gasteiger partial charge in [-0.25, -0.2) is 13.1 Å². The second kappa shape index (κ2) is 11.4. The van der Waals surface area contributed by atoms with Crippen LogP contribution in [0.5, 0.6) is 0 Å². The Morgan fingerprint density at radius 1 is 1.26 bits per heavy atom. The molecule has 138 valence electrons. The van der Waals surface area contributed by atoms with Gasteiger partial charge in [0.2, 0.25) is 10.0 Å². The number of hydrogen-bond acceptors (Lipinski definition) is 4. The third-order valence-corrected chi connectivity index (χ3v) is 4.56. The topological polar surface area (TPSA) is 85.8 Å². The number of piperidine rings is 1. The summed E-state index contributed by atoms with van der Waals surface area (Å²) in [4.78, 5) is 6.72. The lowest BCUT2D eigenvalue weighted by molar-refractivity contribution is 0.167. The summed E-state index contributed by atoms with van der Waals surface area (Å²) in [5.74, 6) is 0.794. The highest BCUT2D eigenvalue weighted by molar-refractivity contribution is 14.0. The number of halogens is 1. The minimum Gasteiger partial charge on any atom is -0.356 e. The molecule has 9 heteroatoms. The third kappa shape index (κ3) is 10.4. The van der Waals surface area contributed by atoms with Crippen molar-refractivity contribution in [2.24, 2.45) is 4.99 Å². The largest absolute Gasteiger partial charge is 0.356 e. The molecule has 0 spiro atoms. The van der Waals surface area contributed by atoms with Crippen LogP contribution in [-0.2, 0) is 10.0 Å². The molecule has 0 aromatic rings. The van der Waals surface area contributed by atoms with Crippen LogP contribution in [0.15, 0.2) is 4.99 Å². The summed E-state index contributed by atoms with van der Waals surface area (Å²) in [5, 5.41) is 6.67. The fourth-order valence-electron chi connectivity index (χ4n) is 2.50. The lowest BCUT2D eigenvalue weighted by Gasteiger charge is -2.35. The first-order chi connectivity index (χ1) is 10.3. The molecule has 3 N–H and O–H groups in total. The fourth-order valence-corrected chi connectivity index (χ4v) is 3.02. The summed E-state index contributed by atoms with van der Waals surface area (Å²) in [6, 6.07) is 1.07. The minimum absolute atomic E-state index is 0. The molecule has 0 radical (unpaired) electrons. The minimum atomic E-state index is -3.09. The maximum atomic E-state index is 10.9. The normalized spacial score (nSPS) is 17.9. The van der Waals surface area contributed by atoms with Crippen molar-refractivity contribution in [3.8, 4) is 0 Å². The second-order valence-corrected chi connectivity index (χ2v) is 7.90. The van der Waals surface area contributed by atoms with Crippen molar-refractivity contribution in [1.82, 2.24) is 20.3 Å². The van der Waals surface area contributed by atoms with Crippen LogP contribution in [0.2, 0.25) is 0 Å². The average Bonchev–Trinajstić information content (AvgIpc) is 2.45. The molecule has 1 aliphatic rings. The van der Waals surface area contributed by atoms with Gasteiger partial charge in [-0.2, -0.15) is 0 Å². The molecule has 0 bridgehead atoms. The van der Waals surface area contributed by atoms with E-state index in [0.29, 0.717) is 25.2 Å². The Balaban J connectivity index is 0.00000484. The van der Waals surface area contributed by atoms with E-state index < -0.39 is 10.0 Å². The summed E-state index contributed by atoms with van der Waals surface area (Å²) >= 11 is 0. The van der Waals surface area contributed by atoms with Gasteiger partial charge in [0.15, 0.2) is 5.96 Å². The Hall–Kier alpha value is -0.130. The number of nitrogens with one attached hydrogen (secondary N) is 3. The zero-order valence-electron chi connectivity index (χ0n) is 14.6. The van der Waals surface area contributed by atoms with Crippen LogP contribution in [0, 0.1) is 0 Å². The molecular formula is C14H32IN5O2S. The third-order valence-electron chi connectivity index (χ3n) is 3.83. The highest BCUT2D eigenvalue weighted by atomic mass is 127. The molecule has 1 aliphatic heterocycles. The Morgan fingerprint density at radius 3 is 2.35 bits per heavy atom. The first kappa shape index (κ1) is 22.9. The van der Waals surface area contributed by atoms with E-state index >= 15 is 0 Å². The summed E-state index contributed by atoms with van der Waals surface area (Å²) < 4.78 is 24.4. The molecule has 0 aromatic heterocycles. The van der Waals surface area contributed by atoms with Crippen molar-refractivity contribution in [2.75, 3.05) is 39.5 Å². The highest BCUT2D eigenvalue weighted by Crippen LogP contribution is 2.12. The van der Waals surface area contributed by atoms with E-state index in [9.17, 15) is 8.42 Å². The lowest BCUT2D eigenvalue weighted by Crippen LogP contribution is -2.50. The van der Waals surface area contributed by atoms with Crippen LogP contribution >= 0.6 is 24.0 Å². The van der Waals surface area contributed by atoms with E-state index in [4.69, 9.17) is 0 Å². The second-order valence-electron chi connectivity index (χ2n) is 6.07. The number of guanidine groups is 1. The highest BCUT2D eigenvalue weighted by Gasteiger charge is 2.21. The molecular weight excluding hydrogens is 429 g/mol. The molecule has 0 aliphatic carbocycles. The van der Waals surface area contributed by atoms with Gasteiger partial charge in [0.05, 0.1) is 6.26 Å². The molecule has 1 rings (SSSR count). The molecule has 1 heterocycles. The Kier molecular flexibility index (Phi) is 11.4. The standard InChI is InChI=1S/C14H31N5O2S.HI/c1-12(2)19-10-6-13(7-11-19)18-14(15-3)16-8-5-9-17-22(4,20)21;/h12-13,17H,5-11H2,1-4H3,(H2,15,16,18);1H. The molecule has 0 unspecified atom stereocenters. The molecule has 0 saturated carbocycles. The predicted octanol–water partition coefficient (Wildman–Crippen LogP) is 0.582. The molecule has 0 atom stereocenters. The SMILES string of the molecule is CN=C(NCCCNS(C)(=O)=O)NC1CCN(C(C)C)CC1.I. The van der Waals surface area contributed by atoms with E-state index in [2.05, 4.69) is 39.1 Å². The molecule has 7 nitrogen and oxygen atoms in total. The summed E-state index contributed by atoms with van der Waals surface area (Å²) in [7, 11) is -1.34. The van der Waals surface area contributed by atoms with Gasteiger partial charge in [0.1, 0.15) is 0 Å². The summed E-state index contributed by atoms with van der Waals surface area (Å²) in [5.41, 5.74) is 0. The van der Waals surface area contributed by atoms with E-state index in [1.807, 2.05) is 0 Å². The average molecular weight is 461 g/mol. The quantitative estimate of drug-likeness (QED) is 0.224. The van der Waals surface area contributed by atoms with Crippen molar-refractivity contribution in [3.05, 3.63) is 0 Å². The van der Waals surface area contributed by atoms with Gasteiger partial charge in [-0.15, -0.1) is 24.0 Å². The predicted molar refractivity (Wildman–Crippen MR) is 107 cm³/mol. The number of sulfonamides is 1. The fraction of sp³-hybridized carbons (Fsp3) is 0.929. The van der Waals surface area contributed by atoms with Crippen molar-refractivity contribution in [1.29, 1.82) is 0 Å². The van der Waals surface area contributed by atoms with Crippen molar-refractivity contribution in [3.63, 3.8) is 0 Å². The van der Waals surface area contributed by atoms with Crippen molar-refractivity contribution >= 4 is 40.0 Å². The van der Waals surface area contributed by atoms with Gasteiger partial charge in [-0.05, 0) is 33.1 Å². The number of likely N-dealkylation sites (tertiary alicyclic amines) is 1. The maximum absolute atomic E-state index is 10.9. The maximum Gasteiger partial charge on any atom is 0.208 e. The Bertz CT molecular complexity index is 448. The van der Waals surface area contributed by atoms with Crippen molar-refractivity contribution < 1.29 is 8.42 Å². The Labute approximate surface area is 158 Å². The van der Waals surface area contributed by atoms with Crippen LogP contribution in [0.3, 0.4) is 0 Å². The van der Waals surface area contributed by atoms with Crippen LogP contribution < -0.4 is 15.4 Å². The van der Waals surface area contributed by atoms with E-state index in [1.54, 1.807) is 7.05 Å². The number of aliphatic imine (C=N–C) groups is 1. The first-order valence-electron chi connectivity index (χ1n) is 7.97. The van der Waals surface area contributed by atoms with Gasteiger partial charge >= 0.3 is 0 Å². The van der Waals surface area contributed by atoms with Crippen LogP contribution in [0.1, 0.15) is 33.1 Å². The smallest absolute Gasteiger partial charge is 0.208 e. The molecule has 1 saturated heterocycles. The molecule has 23 heavy (non-hydrogen) atoms. The van der Waals surface area contributed by atoms with Crippen molar-refractivity contribution in [2.45, 2.75) is 45.2 Å². The summed E-state index contributed by atoms with van der Waals surface area (Å²) in [6.45, 7) is 7.83. The Morgan fingerprint density at radius 2 is 1.87 bits per heavy atom.